The molecule has 0 aliphatic carbocycles. The maximum atomic E-state index is 12.8. The molecule has 0 bridgehead atoms. The fourth-order valence-electron chi connectivity index (χ4n) is 3.01. The van der Waals surface area contributed by atoms with Gasteiger partial charge in [-0.05, 0) is 50.6 Å². The van der Waals surface area contributed by atoms with E-state index in [9.17, 15) is 9.90 Å². The number of halogens is 2. The minimum absolute atomic E-state index is 0.208. The van der Waals surface area contributed by atoms with E-state index in [2.05, 4.69) is 10.3 Å². The molecule has 2 heterocycles. The standard InChI is InChI=1S/C20H21Cl2N3O2/c1-11(13-7-15(22)18(23-10-13)20(2,3)27)24-19(26)17-8-12-5-6-14(21)9-16(12)25(17)4/h5-11,27H,1-4H3,(H,24,26). The first-order valence-electron chi connectivity index (χ1n) is 8.52. The first-order valence-corrected chi connectivity index (χ1v) is 9.27. The highest BCUT2D eigenvalue weighted by molar-refractivity contribution is 6.31. The zero-order valence-electron chi connectivity index (χ0n) is 15.5. The number of benzene rings is 1. The monoisotopic (exact) mass is 405 g/mol. The molecule has 27 heavy (non-hydrogen) atoms. The van der Waals surface area contributed by atoms with Crippen molar-refractivity contribution in [3.8, 4) is 0 Å². The number of aliphatic hydroxyl groups is 1. The first-order chi connectivity index (χ1) is 12.6. The topological polar surface area (TPSA) is 67.2 Å². The molecule has 0 spiro atoms. The van der Waals surface area contributed by atoms with Crippen LogP contribution in [0, 0.1) is 0 Å². The lowest BCUT2D eigenvalue weighted by molar-refractivity contribution is 0.0738. The summed E-state index contributed by atoms with van der Waals surface area (Å²) in [6.45, 7) is 5.10. The predicted molar refractivity (Wildman–Crippen MR) is 108 cm³/mol. The van der Waals surface area contributed by atoms with E-state index in [1.807, 2.05) is 36.7 Å². The Hall–Kier alpha value is -2.08. The Labute approximate surface area is 167 Å². The van der Waals surface area contributed by atoms with E-state index in [0.717, 1.165) is 16.5 Å². The summed E-state index contributed by atoms with van der Waals surface area (Å²) in [6.07, 6.45) is 1.62. The number of aromatic nitrogens is 2. The minimum atomic E-state index is -1.13. The molecule has 142 valence electrons. The molecule has 7 heteroatoms. The van der Waals surface area contributed by atoms with Crippen molar-refractivity contribution in [3.63, 3.8) is 0 Å². The largest absolute Gasteiger partial charge is 0.384 e. The fourth-order valence-corrected chi connectivity index (χ4v) is 3.59. The lowest BCUT2D eigenvalue weighted by atomic mass is 10.0. The highest BCUT2D eigenvalue weighted by atomic mass is 35.5. The molecule has 1 atom stereocenters. The van der Waals surface area contributed by atoms with Crippen molar-refractivity contribution in [1.29, 1.82) is 0 Å². The fraction of sp³-hybridized carbons (Fsp3) is 0.300. The first kappa shape index (κ1) is 19.7. The van der Waals surface area contributed by atoms with Crippen LogP contribution in [0.5, 0.6) is 0 Å². The Bertz CT molecular complexity index is 1020. The molecular weight excluding hydrogens is 385 g/mol. The van der Waals surface area contributed by atoms with Crippen molar-refractivity contribution in [1.82, 2.24) is 14.9 Å². The summed E-state index contributed by atoms with van der Waals surface area (Å²) >= 11 is 12.3. The zero-order valence-corrected chi connectivity index (χ0v) is 17.1. The number of hydrogen-bond donors (Lipinski definition) is 2. The van der Waals surface area contributed by atoms with Gasteiger partial charge < -0.3 is 15.0 Å². The Morgan fingerprint density at radius 2 is 1.96 bits per heavy atom. The van der Waals surface area contributed by atoms with E-state index in [-0.39, 0.29) is 11.9 Å². The normalized spacial score (nSPS) is 13.0. The van der Waals surface area contributed by atoms with Crippen LogP contribution in [0.15, 0.2) is 36.5 Å². The van der Waals surface area contributed by atoms with Gasteiger partial charge in [-0.15, -0.1) is 0 Å². The van der Waals surface area contributed by atoms with Gasteiger partial charge >= 0.3 is 0 Å². The van der Waals surface area contributed by atoms with E-state index in [1.54, 1.807) is 32.2 Å². The number of nitrogens with one attached hydrogen (secondary N) is 1. The van der Waals surface area contributed by atoms with Gasteiger partial charge in [0.25, 0.3) is 5.91 Å². The van der Waals surface area contributed by atoms with Gasteiger partial charge in [0.15, 0.2) is 0 Å². The SMILES string of the molecule is CC(NC(=O)c1cc2ccc(Cl)cc2n1C)c1cnc(C(C)(C)O)c(Cl)c1. The summed E-state index contributed by atoms with van der Waals surface area (Å²) in [5.41, 5.74) is 1.44. The van der Waals surface area contributed by atoms with Crippen LogP contribution in [0.3, 0.4) is 0 Å². The van der Waals surface area contributed by atoms with Gasteiger partial charge in [0, 0.05) is 29.2 Å². The summed E-state index contributed by atoms with van der Waals surface area (Å²) < 4.78 is 1.81. The van der Waals surface area contributed by atoms with Gasteiger partial charge in [-0.1, -0.05) is 29.3 Å². The van der Waals surface area contributed by atoms with E-state index < -0.39 is 5.60 Å². The summed E-state index contributed by atoms with van der Waals surface area (Å²) in [4.78, 5) is 17.0. The Morgan fingerprint density at radius 1 is 1.26 bits per heavy atom. The third-order valence-electron chi connectivity index (χ3n) is 4.53. The molecule has 0 radical (unpaired) electrons. The molecule has 0 saturated heterocycles. The van der Waals surface area contributed by atoms with Crippen LogP contribution in [0.25, 0.3) is 10.9 Å². The van der Waals surface area contributed by atoms with Crippen LogP contribution < -0.4 is 5.32 Å². The lowest BCUT2D eigenvalue weighted by Crippen LogP contribution is -2.28. The van der Waals surface area contributed by atoms with Crippen molar-refractivity contribution in [2.75, 3.05) is 0 Å². The van der Waals surface area contributed by atoms with Crippen molar-refractivity contribution < 1.29 is 9.90 Å². The molecular formula is C20H21Cl2N3O2. The highest BCUT2D eigenvalue weighted by Gasteiger charge is 2.23. The van der Waals surface area contributed by atoms with Crippen LogP contribution in [-0.4, -0.2) is 20.6 Å². The van der Waals surface area contributed by atoms with E-state index in [0.29, 0.717) is 21.4 Å². The van der Waals surface area contributed by atoms with Gasteiger partial charge in [0.05, 0.1) is 16.8 Å². The van der Waals surface area contributed by atoms with E-state index in [4.69, 9.17) is 23.2 Å². The molecule has 0 aliphatic heterocycles. The van der Waals surface area contributed by atoms with E-state index in [1.165, 1.54) is 0 Å². The Balaban J connectivity index is 1.84. The van der Waals surface area contributed by atoms with Crippen LogP contribution in [0.4, 0.5) is 0 Å². The second-order valence-electron chi connectivity index (χ2n) is 7.14. The molecule has 3 rings (SSSR count). The molecule has 1 unspecified atom stereocenters. The Morgan fingerprint density at radius 3 is 2.59 bits per heavy atom. The van der Waals surface area contributed by atoms with Crippen LogP contribution in [0.1, 0.15) is 48.6 Å². The zero-order chi connectivity index (χ0) is 19.9. The molecule has 1 amide bonds. The third-order valence-corrected chi connectivity index (χ3v) is 5.05. The summed E-state index contributed by atoms with van der Waals surface area (Å²) in [6, 6.07) is 8.75. The third kappa shape index (κ3) is 3.95. The maximum absolute atomic E-state index is 12.8. The number of fused-ring (bicyclic) bond motifs is 1. The van der Waals surface area contributed by atoms with Crippen LogP contribution >= 0.6 is 23.2 Å². The number of amides is 1. The van der Waals surface area contributed by atoms with Gasteiger partial charge in [0.2, 0.25) is 0 Å². The Kier molecular flexibility index (Phi) is 5.21. The average Bonchev–Trinajstić information content (AvgIpc) is 2.90. The number of aryl methyl sites for hydroxylation is 1. The summed E-state index contributed by atoms with van der Waals surface area (Å²) in [5, 5.41) is 15.0. The highest BCUT2D eigenvalue weighted by Crippen LogP contribution is 2.28. The number of carbonyl (C=O) groups is 1. The molecule has 2 aromatic heterocycles. The molecule has 0 fully saturated rings. The molecule has 0 aliphatic rings. The maximum Gasteiger partial charge on any atom is 0.268 e. The van der Waals surface area contributed by atoms with Crippen LogP contribution in [0.2, 0.25) is 10.0 Å². The van der Waals surface area contributed by atoms with E-state index >= 15 is 0 Å². The number of pyridine rings is 1. The summed E-state index contributed by atoms with van der Waals surface area (Å²) in [5.74, 6) is -0.208. The number of rotatable bonds is 4. The molecule has 5 nitrogen and oxygen atoms in total. The smallest absolute Gasteiger partial charge is 0.268 e. The second kappa shape index (κ2) is 7.15. The van der Waals surface area contributed by atoms with Gasteiger partial charge in [-0.3, -0.25) is 9.78 Å². The van der Waals surface area contributed by atoms with Gasteiger partial charge in [-0.2, -0.15) is 0 Å². The molecule has 1 aromatic carbocycles. The molecule has 2 N–H and O–H groups in total. The second-order valence-corrected chi connectivity index (χ2v) is 7.99. The van der Waals surface area contributed by atoms with Gasteiger partial charge in [-0.25, -0.2) is 0 Å². The number of carbonyl (C=O) groups excluding carboxylic acids is 1. The predicted octanol–water partition coefficient (Wildman–Crippen LogP) is 4.60. The van der Waals surface area contributed by atoms with Crippen molar-refractivity contribution >= 4 is 40.0 Å². The van der Waals surface area contributed by atoms with Crippen molar-refractivity contribution in [2.24, 2.45) is 7.05 Å². The molecule has 0 saturated carbocycles. The van der Waals surface area contributed by atoms with Crippen molar-refractivity contribution in [3.05, 3.63) is 63.5 Å². The van der Waals surface area contributed by atoms with Gasteiger partial charge in [0.1, 0.15) is 11.3 Å². The molecule has 3 aromatic rings. The van der Waals surface area contributed by atoms with Crippen molar-refractivity contribution in [2.45, 2.75) is 32.4 Å². The number of nitrogens with zero attached hydrogens (tertiary/aromatic N) is 2. The quantitative estimate of drug-likeness (QED) is 0.666. The van der Waals surface area contributed by atoms with Crippen LogP contribution in [-0.2, 0) is 12.6 Å². The lowest BCUT2D eigenvalue weighted by Gasteiger charge is -2.20. The number of hydrogen-bond acceptors (Lipinski definition) is 3. The average molecular weight is 406 g/mol. The minimum Gasteiger partial charge on any atom is -0.384 e. The summed E-state index contributed by atoms with van der Waals surface area (Å²) in [7, 11) is 1.83.